The molecule has 0 aliphatic heterocycles. The first-order valence-electron chi connectivity index (χ1n) is 8.48. The Morgan fingerprint density at radius 1 is 1.11 bits per heavy atom. The number of hydrogen-bond donors (Lipinski definition) is 1. The maximum Gasteiger partial charge on any atom is 0.254 e. The lowest BCUT2D eigenvalue weighted by molar-refractivity contribution is -0.116. The van der Waals surface area contributed by atoms with E-state index in [1.54, 1.807) is 18.2 Å². The van der Waals surface area contributed by atoms with Crippen LogP contribution in [0.2, 0.25) is 10.0 Å². The summed E-state index contributed by atoms with van der Waals surface area (Å²) in [6.45, 7) is 1.60. The fourth-order valence-electron chi connectivity index (χ4n) is 2.68. The highest BCUT2D eigenvalue weighted by Gasteiger charge is 2.14. The third kappa shape index (κ3) is 4.77. The highest BCUT2D eigenvalue weighted by Crippen LogP contribution is 2.23. The van der Waals surface area contributed by atoms with Gasteiger partial charge in [-0.3, -0.25) is 14.2 Å². The van der Waals surface area contributed by atoms with Crippen LogP contribution in [0, 0.1) is 5.82 Å². The van der Waals surface area contributed by atoms with Crippen molar-refractivity contribution in [2.45, 2.75) is 19.9 Å². The number of carbonyl (C=O) groups is 1. The van der Waals surface area contributed by atoms with Gasteiger partial charge in [-0.05, 0) is 48.9 Å². The van der Waals surface area contributed by atoms with E-state index < -0.39 is 11.7 Å². The summed E-state index contributed by atoms with van der Waals surface area (Å²) >= 11 is 11.9. The van der Waals surface area contributed by atoms with Gasteiger partial charge in [0.25, 0.3) is 5.56 Å². The second-order valence-corrected chi connectivity index (χ2v) is 6.94. The number of aromatic nitrogens is 2. The van der Waals surface area contributed by atoms with E-state index in [0.717, 1.165) is 0 Å². The fraction of sp³-hybridized carbons (Fsp3) is 0.150. The van der Waals surface area contributed by atoms with E-state index in [1.165, 1.54) is 34.9 Å². The lowest BCUT2D eigenvalue weighted by Crippen LogP contribution is -2.30. The number of nitrogens with one attached hydrogen (secondary N) is 1. The molecule has 3 rings (SSSR count). The third-order valence-electron chi connectivity index (χ3n) is 3.97. The molecule has 28 heavy (non-hydrogen) atoms. The van der Waals surface area contributed by atoms with Crippen molar-refractivity contribution in [2.75, 3.05) is 5.32 Å². The summed E-state index contributed by atoms with van der Waals surface area (Å²) in [6, 6.07) is 11.6. The molecule has 3 aromatic rings. The van der Waals surface area contributed by atoms with Crippen LogP contribution < -0.4 is 10.9 Å². The number of benzene rings is 2. The summed E-state index contributed by atoms with van der Waals surface area (Å²) in [4.78, 5) is 29.5. The van der Waals surface area contributed by atoms with Gasteiger partial charge < -0.3 is 5.32 Å². The van der Waals surface area contributed by atoms with Gasteiger partial charge in [-0.25, -0.2) is 9.37 Å². The molecule has 5 nitrogen and oxygen atoms in total. The summed E-state index contributed by atoms with van der Waals surface area (Å²) in [6.07, 6.45) is 0.553. The quantitative estimate of drug-likeness (QED) is 0.659. The SMILES string of the molecule is CCc1cc(=O)n(CC(=O)Nc2cc(Cl)cc(Cl)c2)c(-c2ccc(F)cc2)n1. The van der Waals surface area contributed by atoms with E-state index in [9.17, 15) is 14.0 Å². The predicted molar refractivity (Wildman–Crippen MR) is 108 cm³/mol. The molecule has 1 N–H and O–H groups in total. The Hall–Kier alpha value is -2.70. The van der Waals surface area contributed by atoms with Crippen LogP contribution in [0.15, 0.2) is 53.3 Å². The number of anilines is 1. The largest absolute Gasteiger partial charge is 0.324 e. The van der Waals surface area contributed by atoms with E-state index >= 15 is 0 Å². The first-order chi connectivity index (χ1) is 13.4. The Morgan fingerprint density at radius 3 is 2.36 bits per heavy atom. The van der Waals surface area contributed by atoms with Crippen molar-refractivity contribution in [1.82, 2.24) is 9.55 Å². The van der Waals surface area contributed by atoms with Crippen LogP contribution in [0.1, 0.15) is 12.6 Å². The smallest absolute Gasteiger partial charge is 0.254 e. The third-order valence-corrected chi connectivity index (χ3v) is 4.41. The average molecular weight is 420 g/mol. The molecule has 0 bridgehead atoms. The standard InChI is InChI=1S/C20H16Cl2FN3O2/c1-2-16-10-19(28)26(20(25-16)12-3-5-15(23)6-4-12)11-18(27)24-17-8-13(21)7-14(22)9-17/h3-10H,2,11H2,1H3,(H,24,27). The van der Waals surface area contributed by atoms with Gasteiger partial charge in [0.05, 0.1) is 0 Å². The molecule has 0 saturated carbocycles. The molecule has 1 heterocycles. The van der Waals surface area contributed by atoms with Crippen molar-refractivity contribution in [3.63, 3.8) is 0 Å². The highest BCUT2D eigenvalue weighted by atomic mass is 35.5. The molecule has 0 fully saturated rings. The fourth-order valence-corrected chi connectivity index (χ4v) is 3.20. The van der Waals surface area contributed by atoms with Crippen LogP contribution >= 0.6 is 23.2 Å². The van der Waals surface area contributed by atoms with E-state index in [-0.39, 0.29) is 12.1 Å². The molecular formula is C20H16Cl2FN3O2. The highest BCUT2D eigenvalue weighted by molar-refractivity contribution is 6.35. The maximum absolute atomic E-state index is 13.3. The zero-order valence-corrected chi connectivity index (χ0v) is 16.4. The Kier molecular flexibility index (Phi) is 6.11. The average Bonchev–Trinajstić information content (AvgIpc) is 2.63. The molecular weight excluding hydrogens is 404 g/mol. The van der Waals surface area contributed by atoms with Crippen LogP contribution in [0.5, 0.6) is 0 Å². The summed E-state index contributed by atoms with van der Waals surface area (Å²) < 4.78 is 14.5. The molecule has 1 aromatic heterocycles. The Morgan fingerprint density at radius 2 is 1.75 bits per heavy atom. The van der Waals surface area contributed by atoms with Crippen molar-refractivity contribution in [1.29, 1.82) is 0 Å². The van der Waals surface area contributed by atoms with Crippen molar-refractivity contribution >= 4 is 34.8 Å². The van der Waals surface area contributed by atoms with Crippen LogP contribution in [-0.4, -0.2) is 15.5 Å². The summed E-state index contributed by atoms with van der Waals surface area (Å²) in [5.41, 5.74) is 1.16. The summed E-state index contributed by atoms with van der Waals surface area (Å²) in [5.74, 6) is -0.557. The van der Waals surface area contributed by atoms with E-state index in [4.69, 9.17) is 23.2 Å². The van der Waals surface area contributed by atoms with Crippen LogP contribution in [-0.2, 0) is 17.8 Å². The van der Waals surface area contributed by atoms with Crippen molar-refractivity contribution in [2.24, 2.45) is 0 Å². The lowest BCUT2D eigenvalue weighted by atomic mass is 10.2. The summed E-state index contributed by atoms with van der Waals surface area (Å²) in [7, 11) is 0. The number of carbonyl (C=O) groups excluding carboxylic acids is 1. The number of halogens is 3. The van der Waals surface area contributed by atoms with Crippen molar-refractivity contribution < 1.29 is 9.18 Å². The van der Waals surface area contributed by atoms with Crippen LogP contribution in [0.25, 0.3) is 11.4 Å². The minimum atomic E-state index is -0.449. The normalized spacial score (nSPS) is 10.7. The molecule has 0 radical (unpaired) electrons. The molecule has 0 atom stereocenters. The summed E-state index contributed by atoms with van der Waals surface area (Å²) in [5, 5.41) is 3.41. The van der Waals surface area contributed by atoms with Gasteiger partial charge in [0, 0.05) is 33.1 Å². The number of rotatable bonds is 5. The second kappa shape index (κ2) is 8.54. The molecule has 0 aliphatic rings. The Bertz CT molecular complexity index is 1060. The lowest BCUT2D eigenvalue weighted by Gasteiger charge is -2.14. The Balaban J connectivity index is 1.95. The van der Waals surface area contributed by atoms with Gasteiger partial charge in [-0.2, -0.15) is 0 Å². The zero-order chi connectivity index (χ0) is 20.3. The molecule has 0 unspecified atom stereocenters. The number of amides is 1. The van der Waals surface area contributed by atoms with Gasteiger partial charge >= 0.3 is 0 Å². The topological polar surface area (TPSA) is 64.0 Å². The van der Waals surface area contributed by atoms with Crippen LogP contribution in [0.3, 0.4) is 0 Å². The molecule has 8 heteroatoms. The van der Waals surface area contributed by atoms with Gasteiger partial charge in [-0.1, -0.05) is 30.1 Å². The second-order valence-electron chi connectivity index (χ2n) is 6.06. The van der Waals surface area contributed by atoms with E-state index in [2.05, 4.69) is 10.3 Å². The van der Waals surface area contributed by atoms with Crippen molar-refractivity contribution in [3.8, 4) is 11.4 Å². The van der Waals surface area contributed by atoms with E-state index in [0.29, 0.717) is 39.2 Å². The molecule has 0 aliphatic carbocycles. The molecule has 2 aromatic carbocycles. The minimum Gasteiger partial charge on any atom is -0.324 e. The maximum atomic E-state index is 13.3. The van der Waals surface area contributed by atoms with Gasteiger partial charge in [0.1, 0.15) is 18.2 Å². The van der Waals surface area contributed by atoms with Gasteiger partial charge in [0.15, 0.2) is 0 Å². The van der Waals surface area contributed by atoms with Gasteiger partial charge in [0.2, 0.25) is 5.91 Å². The van der Waals surface area contributed by atoms with Gasteiger partial charge in [-0.15, -0.1) is 0 Å². The monoisotopic (exact) mass is 419 g/mol. The minimum absolute atomic E-state index is 0.271. The number of hydrogen-bond acceptors (Lipinski definition) is 3. The first kappa shape index (κ1) is 20.0. The van der Waals surface area contributed by atoms with E-state index in [1.807, 2.05) is 6.92 Å². The number of aryl methyl sites for hydroxylation is 1. The van der Waals surface area contributed by atoms with Crippen molar-refractivity contribution in [3.05, 3.63) is 80.4 Å². The molecule has 0 spiro atoms. The Labute approximate surface area is 170 Å². The zero-order valence-electron chi connectivity index (χ0n) is 14.9. The molecule has 0 saturated heterocycles. The predicted octanol–water partition coefficient (Wildman–Crippen LogP) is 4.56. The molecule has 1 amide bonds. The number of nitrogens with zero attached hydrogens (tertiary/aromatic N) is 2. The molecule has 144 valence electrons. The first-order valence-corrected chi connectivity index (χ1v) is 9.24. The van der Waals surface area contributed by atoms with Crippen LogP contribution in [0.4, 0.5) is 10.1 Å².